The van der Waals surface area contributed by atoms with Crippen molar-refractivity contribution in [3.8, 4) is 0 Å². The SMILES string of the molecule is Cc1ccc2c(c1)N(C1CCN(c3cnn(C)c3)C1=O)CC2. The number of aromatic nitrogens is 2. The van der Waals surface area contributed by atoms with Crippen molar-refractivity contribution in [3.05, 3.63) is 41.7 Å². The summed E-state index contributed by atoms with van der Waals surface area (Å²) in [5.41, 5.74) is 4.75. The Labute approximate surface area is 130 Å². The fourth-order valence-electron chi connectivity index (χ4n) is 3.60. The molecule has 1 amide bonds. The first-order chi connectivity index (χ1) is 10.6. The van der Waals surface area contributed by atoms with Crippen molar-refractivity contribution >= 4 is 17.3 Å². The zero-order valence-electron chi connectivity index (χ0n) is 13.0. The predicted octanol–water partition coefficient (Wildman–Crippen LogP) is 1.90. The Bertz CT molecular complexity index is 736. The van der Waals surface area contributed by atoms with E-state index >= 15 is 0 Å². The van der Waals surface area contributed by atoms with Crippen molar-refractivity contribution in [3.63, 3.8) is 0 Å². The second-order valence-corrected chi connectivity index (χ2v) is 6.24. The molecule has 0 spiro atoms. The van der Waals surface area contributed by atoms with Crippen LogP contribution in [-0.4, -0.2) is 34.8 Å². The summed E-state index contributed by atoms with van der Waals surface area (Å²) in [5.74, 6) is 0.197. The van der Waals surface area contributed by atoms with Gasteiger partial charge in [0.2, 0.25) is 5.91 Å². The Morgan fingerprint density at radius 3 is 2.91 bits per heavy atom. The molecule has 0 aliphatic carbocycles. The van der Waals surface area contributed by atoms with Crippen LogP contribution in [0.4, 0.5) is 11.4 Å². The molecule has 0 saturated carbocycles. The van der Waals surface area contributed by atoms with E-state index in [4.69, 9.17) is 0 Å². The Balaban J connectivity index is 1.61. The molecular formula is C17H20N4O. The van der Waals surface area contributed by atoms with Crippen molar-refractivity contribution < 1.29 is 4.79 Å². The summed E-state index contributed by atoms with van der Waals surface area (Å²) < 4.78 is 1.74. The Hall–Kier alpha value is -2.30. The highest BCUT2D eigenvalue weighted by molar-refractivity contribution is 6.01. The lowest BCUT2D eigenvalue weighted by atomic mass is 10.1. The molecule has 0 radical (unpaired) electrons. The van der Waals surface area contributed by atoms with Gasteiger partial charge in [0.15, 0.2) is 0 Å². The maximum absolute atomic E-state index is 12.8. The van der Waals surface area contributed by atoms with Crippen LogP contribution >= 0.6 is 0 Å². The summed E-state index contributed by atoms with van der Waals surface area (Å²) in [7, 11) is 1.88. The number of aryl methyl sites for hydroxylation is 2. The van der Waals surface area contributed by atoms with Gasteiger partial charge in [-0.1, -0.05) is 12.1 Å². The molecule has 0 bridgehead atoms. The van der Waals surface area contributed by atoms with Gasteiger partial charge in [0.25, 0.3) is 0 Å². The van der Waals surface area contributed by atoms with Gasteiger partial charge in [-0.2, -0.15) is 5.10 Å². The van der Waals surface area contributed by atoms with Gasteiger partial charge in [0.1, 0.15) is 6.04 Å². The first kappa shape index (κ1) is 13.4. The van der Waals surface area contributed by atoms with Gasteiger partial charge in [-0.3, -0.25) is 9.48 Å². The maximum Gasteiger partial charge on any atom is 0.249 e. The number of carbonyl (C=O) groups excluding carboxylic acids is 1. The molecule has 22 heavy (non-hydrogen) atoms. The standard InChI is InChI=1S/C17H20N4O/c1-12-3-4-13-5-7-21(16(13)9-12)15-6-8-20(17(15)22)14-10-18-19(2)11-14/h3-4,9-11,15H,5-8H2,1-2H3. The lowest BCUT2D eigenvalue weighted by Crippen LogP contribution is -2.41. The fourth-order valence-corrected chi connectivity index (χ4v) is 3.60. The zero-order chi connectivity index (χ0) is 15.3. The molecule has 1 unspecified atom stereocenters. The monoisotopic (exact) mass is 296 g/mol. The van der Waals surface area contributed by atoms with Crippen molar-refractivity contribution in [2.45, 2.75) is 25.8 Å². The highest BCUT2D eigenvalue weighted by Gasteiger charge is 2.39. The van der Waals surface area contributed by atoms with Gasteiger partial charge in [-0.15, -0.1) is 0 Å². The molecule has 1 aromatic carbocycles. The average Bonchev–Trinajstić information content (AvgIpc) is 3.17. The van der Waals surface area contributed by atoms with E-state index in [9.17, 15) is 4.79 Å². The number of amides is 1. The number of carbonyl (C=O) groups is 1. The topological polar surface area (TPSA) is 41.4 Å². The van der Waals surface area contributed by atoms with Crippen LogP contribution in [0.1, 0.15) is 17.5 Å². The van der Waals surface area contributed by atoms with Crippen LogP contribution in [0.3, 0.4) is 0 Å². The minimum atomic E-state index is -0.0387. The third-order valence-corrected chi connectivity index (χ3v) is 4.73. The summed E-state index contributed by atoms with van der Waals surface area (Å²) in [6.07, 6.45) is 5.58. The van der Waals surface area contributed by atoms with E-state index in [1.807, 2.05) is 18.1 Å². The quantitative estimate of drug-likeness (QED) is 0.850. The van der Waals surface area contributed by atoms with Gasteiger partial charge in [-0.25, -0.2) is 0 Å². The van der Waals surface area contributed by atoms with Crippen LogP contribution in [0.15, 0.2) is 30.6 Å². The minimum absolute atomic E-state index is 0.0387. The van der Waals surface area contributed by atoms with Gasteiger partial charge < -0.3 is 9.80 Å². The molecule has 114 valence electrons. The predicted molar refractivity (Wildman–Crippen MR) is 86.2 cm³/mol. The van der Waals surface area contributed by atoms with E-state index in [0.29, 0.717) is 0 Å². The third kappa shape index (κ3) is 2.00. The minimum Gasteiger partial charge on any atom is -0.359 e. The first-order valence-electron chi connectivity index (χ1n) is 7.80. The number of fused-ring (bicyclic) bond motifs is 1. The smallest absolute Gasteiger partial charge is 0.249 e. The van der Waals surface area contributed by atoms with Crippen LogP contribution in [0.2, 0.25) is 0 Å². The van der Waals surface area contributed by atoms with Crippen LogP contribution in [0.25, 0.3) is 0 Å². The van der Waals surface area contributed by atoms with Gasteiger partial charge >= 0.3 is 0 Å². The summed E-state index contributed by atoms with van der Waals surface area (Å²) in [4.78, 5) is 17.0. The molecule has 1 fully saturated rings. The molecule has 2 aliphatic rings. The molecule has 5 nitrogen and oxygen atoms in total. The van der Waals surface area contributed by atoms with Gasteiger partial charge in [-0.05, 0) is 37.0 Å². The normalized spacial score (nSPS) is 20.8. The number of rotatable bonds is 2. The molecule has 2 aliphatic heterocycles. The lowest BCUT2D eigenvalue weighted by molar-refractivity contribution is -0.118. The molecule has 1 aromatic heterocycles. The molecule has 4 rings (SSSR count). The highest BCUT2D eigenvalue weighted by atomic mass is 16.2. The molecule has 1 atom stereocenters. The average molecular weight is 296 g/mol. The van der Waals surface area contributed by atoms with Crippen LogP contribution in [-0.2, 0) is 18.3 Å². The number of hydrogen-bond donors (Lipinski definition) is 0. The number of hydrogen-bond acceptors (Lipinski definition) is 3. The third-order valence-electron chi connectivity index (χ3n) is 4.73. The largest absolute Gasteiger partial charge is 0.359 e. The highest BCUT2D eigenvalue weighted by Crippen LogP contribution is 2.34. The van der Waals surface area contributed by atoms with Crippen LogP contribution < -0.4 is 9.80 Å². The van der Waals surface area contributed by atoms with Crippen molar-refractivity contribution in [1.82, 2.24) is 9.78 Å². The summed E-state index contributed by atoms with van der Waals surface area (Å²) in [6.45, 7) is 3.82. The van der Waals surface area contributed by atoms with Crippen LogP contribution in [0.5, 0.6) is 0 Å². The summed E-state index contributed by atoms with van der Waals surface area (Å²) in [5, 5.41) is 4.17. The lowest BCUT2D eigenvalue weighted by Gasteiger charge is -2.26. The van der Waals surface area contributed by atoms with Gasteiger partial charge in [0, 0.05) is 32.0 Å². The number of benzene rings is 1. The molecule has 0 N–H and O–H groups in total. The Morgan fingerprint density at radius 1 is 1.27 bits per heavy atom. The molecule has 3 heterocycles. The molecular weight excluding hydrogens is 276 g/mol. The zero-order valence-corrected chi connectivity index (χ0v) is 13.0. The van der Waals surface area contributed by atoms with Crippen molar-refractivity contribution in [1.29, 1.82) is 0 Å². The van der Waals surface area contributed by atoms with E-state index in [2.05, 4.69) is 35.1 Å². The van der Waals surface area contributed by atoms with E-state index in [-0.39, 0.29) is 11.9 Å². The van der Waals surface area contributed by atoms with Gasteiger partial charge in [0.05, 0.1) is 11.9 Å². The molecule has 1 saturated heterocycles. The first-order valence-corrected chi connectivity index (χ1v) is 7.80. The maximum atomic E-state index is 12.8. The fraction of sp³-hybridized carbons (Fsp3) is 0.412. The number of nitrogens with zero attached hydrogens (tertiary/aromatic N) is 4. The van der Waals surface area contributed by atoms with E-state index in [1.54, 1.807) is 10.9 Å². The van der Waals surface area contributed by atoms with Crippen molar-refractivity contribution in [2.75, 3.05) is 22.9 Å². The molecule has 5 heteroatoms. The summed E-state index contributed by atoms with van der Waals surface area (Å²) in [6, 6.07) is 6.52. The van der Waals surface area contributed by atoms with Crippen LogP contribution in [0, 0.1) is 6.92 Å². The Kier molecular flexibility index (Phi) is 2.96. The van der Waals surface area contributed by atoms with E-state index in [0.717, 1.165) is 31.6 Å². The number of anilines is 2. The molecule has 2 aromatic rings. The second kappa shape index (κ2) is 4.87. The summed E-state index contributed by atoms with van der Waals surface area (Å²) >= 11 is 0. The Morgan fingerprint density at radius 2 is 2.14 bits per heavy atom. The van der Waals surface area contributed by atoms with E-state index < -0.39 is 0 Å². The second-order valence-electron chi connectivity index (χ2n) is 6.24. The van der Waals surface area contributed by atoms with E-state index in [1.165, 1.54) is 16.8 Å². The van der Waals surface area contributed by atoms with Crippen molar-refractivity contribution in [2.24, 2.45) is 7.05 Å².